The molecule has 0 saturated heterocycles. The highest BCUT2D eigenvalue weighted by Gasteiger charge is 2.18. The normalized spacial score (nSPS) is 14.2. The molecule has 15 heavy (non-hydrogen) atoms. The van der Waals surface area contributed by atoms with Gasteiger partial charge in [-0.05, 0) is 24.7 Å². The highest BCUT2D eigenvalue weighted by molar-refractivity contribution is 4.71. The molecule has 1 heteroatoms. The first-order valence-electron chi connectivity index (χ1n) is 6.83. The van der Waals surface area contributed by atoms with Crippen molar-refractivity contribution < 1.29 is 0 Å². The lowest BCUT2D eigenvalue weighted by atomic mass is 9.80. The molecular formula is C14H31N. The molecule has 0 aliphatic rings. The van der Waals surface area contributed by atoms with E-state index >= 15 is 0 Å². The maximum Gasteiger partial charge on any atom is 0.00387 e. The van der Waals surface area contributed by atoms with Crippen LogP contribution in [0, 0.1) is 5.41 Å². The number of nitrogens with two attached hydrogens (primary N) is 1. The molecule has 0 aromatic carbocycles. The Morgan fingerprint density at radius 2 is 1.60 bits per heavy atom. The van der Waals surface area contributed by atoms with Crippen LogP contribution in [0.1, 0.15) is 79.1 Å². The Balaban J connectivity index is 3.52. The molecule has 1 atom stereocenters. The average Bonchev–Trinajstić information content (AvgIpc) is 2.24. The summed E-state index contributed by atoms with van der Waals surface area (Å²) in [4.78, 5) is 0. The van der Waals surface area contributed by atoms with E-state index in [1.54, 1.807) is 0 Å². The fourth-order valence-corrected chi connectivity index (χ4v) is 2.08. The van der Waals surface area contributed by atoms with Gasteiger partial charge in [0.2, 0.25) is 0 Å². The molecule has 0 heterocycles. The molecule has 0 aliphatic heterocycles. The van der Waals surface area contributed by atoms with E-state index < -0.39 is 0 Å². The van der Waals surface area contributed by atoms with E-state index in [0.717, 1.165) is 0 Å². The minimum Gasteiger partial charge on any atom is -0.328 e. The van der Waals surface area contributed by atoms with Crippen molar-refractivity contribution in [1.82, 2.24) is 0 Å². The average molecular weight is 213 g/mol. The summed E-state index contributed by atoms with van der Waals surface area (Å²) in [6, 6.07) is 0.449. The molecule has 0 unspecified atom stereocenters. The number of unbranched alkanes of at least 4 members (excludes halogenated alkanes) is 1. The Morgan fingerprint density at radius 3 is 2.07 bits per heavy atom. The van der Waals surface area contributed by atoms with E-state index in [-0.39, 0.29) is 0 Å². The van der Waals surface area contributed by atoms with Crippen molar-refractivity contribution in [2.24, 2.45) is 11.1 Å². The van der Waals surface area contributed by atoms with Crippen LogP contribution in [0.25, 0.3) is 0 Å². The second-order valence-electron chi connectivity index (χ2n) is 5.31. The van der Waals surface area contributed by atoms with Crippen molar-refractivity contribution in [2.75, 3.05) is 0 Å². The van der Waals surface area contributed by atoms with Crippen LogP contribution in [0.5, 0.6) is 0 Å². The van der Waals surface area contributed by atoms with Crippen LogP contribution in [0.15, 0.2) is 0 Å². The zero-order chi connectivity index (χ0) is 11.7. The van der Waals surface area contributed by atoms with Gasteiger partial charge >= 0.3 is 0 Å². The predicted molar refractivity (Wildman–Crippen MR) is 70.0 cm³/mol. The summed E-state index contributed by atoms with van der Waals surface area (Å²) >= 11 is 0. The minimum absolute atomic E-state index is 0.449. The molecule has 0 aromatic heterocycles. The van der Waals surface area contributed by atoms with Crippen molar-refractivity contribution in [1.29, 1.82) is 0 Å². The summed E-state index contributed by atoms with van der Waals surface area (Å²) in [5.41, 5.74) is 6.58. The van der Waals surface area contributed by atoms with E-state index in [4.69, 9.17) is 5.73 Å². The lowest BCUT2D eigenvalue weighted by Crippen LogP contribution is -2.19. The molecular weight excluding hydrogens is 182 g/mol. The third-order valence-corrected chi connectivity index (χ3v) is 3.97. The van der Waals surface area contributed by atoms with Crippen LogP contribution in [-0.4, -0.2) is 6.04 Å². The van der Waals surface area contributed by atoms with Gasteiger partial charge in [-0.2, -0.15) is 0 Å². The minimum atomic E-state index is 0.449. The topological polar surface area (TPSA) is 26.0 Å². The van der Waals surface area contributed by atoms with Gasteiger partial charge in [0.1, 0.15) is 0 Å². The van der Waals surface area contributed by atoms with E-state index in [1.165, 1.54) is 51.4 Å². The van der Waals surface area contributed by atoms with Crippen molar-refractivity contribution in [3.05, 3.63) is 0 Å². The second-order valence-corrected chi connectivity index (χ2v) is 5.31. The summed E-state index contributed by atoms with van der Waals surface area (Å²) in [5, 5.41) is 0. The van der Waals surface area contributed by atoms with E-state index in [1.807, 2.05) is 0 Å². The molecule has 1 nitrogen and oxygen atoms in total. The molecule has 2 N–H and O–H groups in total. The second kappa shape index (κ2) is 8.15. The van der Waals surface area contributed by atoms with Crippen LogP contribution in [0.4, 0.5) is 0 Å². The maximum absolute atomic E-state index is 6.00. The summed E-state index contributed by atoms with van der Waals surface area (Å²) in [7, 11) is 0. The van der Waals surface area contributed by atoms with Crippen LogP contribution in [-0.2, 0) is 0 Å². The molecule has 0 aliphatic carbocycles. The standard InChI is InChI=1S/C14H31N/c1-5-10-13(15)11-8-9-12-14(4,6-2)7-3/h13H,5-12,15H2,1-4H3/t13-/m0/s1. The highest BCUT2D eigenvalue weighted by atomic mass is 14.6. The summed E-state index contributed by atoms with van der Waals surface area (Å²) < 4.78 is 0. The molecule has 0 bridgehead atoms. The highest BCUT2D eigenvalue weighted by Crippen LogP contribution is 2.31. The lowest BCUT2D eigenvalue weighted by molar-refractivity contribution is 0.260. The van der Waals surface area contributed by atoms with E-state index in [9.17, 15) is 0 Å². The number of hydrogen-bond acceptors (Lipinski definition) is 1. The van der Waals surface area contributed by atoms with Crippen LogP contribution >= 0.6 is 0 Å². The Labute approximate surface area is 96.8 Å². The van der Waals surface area contributed by atoms with Crippen molar-refractivity contribution in [3.63, 3.8) is 0 Å². The molecule has 0 amide bonds. The third-order valence-electron chi connectivity index (χ3n) is 3.97. The smallest absolute Gasteiger partial charge is 0.00387 e. The molecule has 92 valence electrons. The third kappa shape index (κ3) is 6.94. The van der Waals surface area contributed by atoms with Gasteiger partial charge in [-0.1, -0.05) is 59.8 Å². The quantitative estimate of drug-likeness (QED) is 0.561. The first-order valence-corrected chi connectivity index (χ1v) is 6.83. The first-order chi connectivity index (χ1) is 7.08. The van der Waals surface area contributed by atoms with Crippen LogP contribution in [0.3, 0.4) is 0 Å². The Morgan fingerprint density at radius 1 is 1.00 bits per heavy atom. The zero-order valence-electron chi connectivity index (χ0n) is 11.3. The first kappa shape index (κ1) is 15.0. The van der Waals surface area contributed by atoms with Gasteiger partial charge in [-0.15, -0.1) is 0 Å². The van der Waals surface area contributed by atoms with Crippen LogP contribution < -0.4 is 5.73 Å². The monoisotopic (exact) mass is 213 g/mol. The summed E-state index contributed by atoms with van der Waals surface area (Å²) in [6.45, 7) is 9.25. The van der Waals surface area contributed by atoms with Crippen molar-refractivity contribution in [3.8, 4) is 0 Å². The zero-order valence-corrected chi connectivity index (χ0v) is 11.3. The van der Waals surface area contributed by atoms with Gasteiger partial charge < -0.3 is 5.73 Å². The lowest BCUT2D eigenvalue weighted by Gasteiger charge is -2.26. The maximum atomic E-state index is 6.00. The Bertz CT molecular complexity index is 138. The van der Waals surface area contributed by atoms with Gasteiger partial charge in [0.05, 0.1) is 0 Å². The molecule has 0 saturated carbocycles. The van der Waals surface area contributed by atoms with Gasteiger partial charge in [0.15, 0.2) is 0 Å². The Hall–Kier alpha value is -0.0400. The van der Waals surface area contributed by atoms with Gasteiger partial charge in [0, 0.05) is 6.04 Å². The van der Waals surface area contributed by atoms with Gasteiger partial charge in [-0.3, -0.25) is 0 Å². The molecule has 0 aromatic rings. The number of rotatable bonds is 9. The van der Waals surface area contributed by atoms with Crippen LogP contribution in [0.2, 0.25) is 0 Å². The van der Waals surface area contributed by atoms with E-state index in [2.05, 4.69) is 27.7 Å². The summed E-state index contributed by atoms with van der Waals surface area (Å²) in [6.07, 6.45) is 10.3. The van der Waals surface area contributed by atoms with Crippen molar-refractivity contribution >= 4 is 0 Å². The molecule has 0 fully saturated rings. The van der Waals surface area contributed by atoms with Gasteiger partial charge in [-0.25, -0.2) is 0 Å². The number of hydrogen-bond donors (Lipinski definition) is 1. The predicted octanol–water partition coefficient (Wildman–Crippen LogP) is 4.50. The molecule has 0 spiro atoms. The molecule has 0 radical (unpaired) electrons. The Kier molecular flexibility index (Phi) is 8.13. The largest absolute Gasteiger partial charge is 0.328 e. The van der Waals surface area contributed by atoms with Gasteiger partial charge in [0.25, 0.3) is 0 Å². The fourth-order valence-electron chi connectivity index (χ4n) is 2.08. The summed E-state index contributed by atoms with van der Waals surface area (Å²) in [5.74, 6) is 0. The van der Waals surface area contributed by atoms with Crippen molar-refractivity contribution in [2.45, 2.75) is 85.1 Å². The SMILES string of the molecule is CCC[C@H](N)CCCCC(C)(CC)CC. The fraction of sp³-hybridized carbons (Fsp3) is 1.00. The van der Waals surface area contributed by atoms with E-state index in [0.29, 0.717) is 11.5 Å². The molecule has 0 rings (SSSR count).